The van der Waals surface area contributed by atoms with Crippen LogP contribution in [0.5, 0.6) is 0 Å². The van der Waals surface area contributed by atoms with Gasteiger partial charge in [-0.2, -0.15) is 0 Å². The monoisotopic (exact) mass is 304 g/mol. The Morgan fingerprint density at radius 1 is 1.14 bits per heavy atom. The van der Waals surface area contributed by atoms with Gasteiger partial charge in [-0.25, -0.2) is 18.0 Å². The zero-order valence-corrected chi connectivity index (χ0v) is 11.9. The minimum absolute atomic E-state index is 0.0104. The van der Waals surface area contributed by atoms with Crippen LogP contribution < -0.4 is 10.6 Å². The van der Waals surface area contributed by atoms with Crippen molar-refractivity contribution in [2.75, 3.05) is 11.9 Å². The molecule has 4 nitrogen and oxygen atoms in total. The van der Waals surface area contributed by atoms with E-state index in [1.165, 1.54) is 0 Å². The molecule has 1 unspecified atom stereocenters. The second-order valence-electron chi connectivity index (χ2n) is 4.73. The van der Waals surface area contributed by atoms with Crippen molar-refractivity contribution >= 4 is 11.7 Å². The lowest BCUT2D eigenvalue weighted by Gasteiger charge is -2.20. The second kappa shape index (κ2) is 7.87. The highest BCUT2D eigenvalue weighted by Crippen LogP contribution is 2.18. The van der Waals surface area contributed by atoms with E-state index in [1.54, 1.807) is 0 Å². The summed E-state index contributed by atoms with van der Waals surface area (Å²) in [5.74, 6) is -3.62. The maximum Gasteiger partial charge on any atom is 0.319 e. The molecule has 0 radical (unpaired) electrons. The number of amides is 2. The van der Waals surface area contributed by atoms with Gasteiger partial charge in [0.25, 0.3) is 0 Å². The van der Waals surface area contributed by atoms with Crippen LogP contribution in [0.15, 0.2) is 12.1 Å². The molecule has 0 spiro atoms. The summed E-state index contributed by atoms with van der Waals surface area (Å²) in [4.78, 5) is 11.5. The molecular formula is C14H19F3N2O2. The Bertz CT molecular complexity index is 493. The number of aliphatic hydroxyl groups excluding tert-OH is 1. The number of aliphatic hydroxyl groups is 1. The molecule has 118 valence electrons. The SMILES string of the molecule is CCC(CC)C(O)CNC(=O)Nc1cc(F)c(F)cc1F. The lowest BCUT2D eigenvalue weighted by Crippen LogP contribution is -2.38. The minimum Gasteiger partial charge on any atom is -0.391 e. The molecule has 0 saturated carbocycles. The summed E-state index contributed by atoms with van der Waals surface area (Å²) in [6.07, 6.45) is 0.804. The Morgan fingerprint density at radius 3 is 2.29 bits per heavy atom. The number of carbonyl (C=O) groups excluding carboxylic acids is 1. The van der Waals surface area contributed by atoms with Crippen LogP contribution in [0.1, 0.15) is 26.7 Å². The van der Waals surface area contributed by atoms with E-state index in [0.717, 1.165) is 12.8 Å². The number of hydrogen-bond acceptors (Lipinski definition) is 2. The van der Waals surface area contributed by atoms with Crippen molar-refractivity contribution in [2.45, 2.75) is 32.8 Å². The van der Waals surface area contributed by atoms with Gasteiger partial charge in [0.15, 0.2) is 11.6 Å². The van der Waals surface area contributed by atoms with Crippen LogP contribution in [-0.4, -0.2) is 23.8 Å². The third kappa shape index (κ3) is 4.93. The third-order valence-corrected chi connectivity index (χ3v) is 3.32. The van der Waals surface area contributed by atoms with Gasteiger partial charge >= 0.3 is 6.03 Å². The molecule has 0 aromatic heterocycles. The Balaban J connectivity index is 2.57. The lowest BCUT2D eigenvalue weighted by atomic mass is 9.97. The summed E-state index contributed by atoms with van der Waals surface area (Å²) in [6, 6.07) is 0.107. The summed E-state index contributed by atoms with van der Waals surface area (Å²) in [5.41, 5.74) is -0.469. The molecule has 0 aliphatic carbocycles. The highest BCUT2D eigenvalue weighted by atomic mass is 19.2. The summed E-state index contributed by atoms with van der Waals surface area (Å²) in [6.45, 7) is 3.84. The number of rotatable bonds is 6. The highest BCUT2D eigenvalue weighted by Gasteiger charge is 2.17. The van der Waals surface area contributed by atoms with E-state index in [4.69, 9.17) is 0 Å². The van der Waals surface area contributed by atoms with E-state index in [0.29, 0.717) is 12.1 Å². The van der Waals surface area contributed by atoms with Gasteiger partial charge in [0.2, 0.25) is 0 Å². The van der Waals surface area contributed by atoms with Gasteiger partial charge in [0.05, 0.1) is 11.8 Å². The van der Waals surface area contributed by atoms with Gasteiger partial charge in [0, 0.05) is 18.7 Å². The van der Waals surface area contributed by atoms with Gasteiger partial charge in [-0.3, -0.25) is 0 Å². The molecule has 3 N–H and O–H groups in total. The van der Waals surface area contributed by atoms with Crippen LogP contribution in [0.3, 0.4) is 0 Å². The fraction of sp³-hybridized carbons (Fsp3) is 0.500. The van der Waals surface area contributed by atoms with E-state index in [9.17, 15) is 23.1 Å². The summed E-state index contributed by atoms with van der Waals surface area (Å²) in [5, 5.41) is 14.3. The van der Waals surface area contributed by atoms with Crippen LogP contribution in [0, 0.1) is 23.4 Å². The Morgan fingerprint density at radius 2 is 1.71 bits per heavy atom. The van der Waals surface area contributed by atoms with Crippen LogP contribution in [-0.2, 0) is 0 Å². The number of nitrogens with one attached hydrogen (secondary N) is 2. The maximum atomic E-state index is 13.3. The first-order valence-corrected chi connectivity index (χ1v) is 6.76. The average molecular weight is 304 g/mol. The first-order chi connectivity index (χ1) is 9.88. The predicted octanol–water partition coefficient (Wildman–Crippen LogP) is 3.02. The first-order valence-electron chi connectivity index (χ1n) is 6.76. The van der Waals surface area contributed by atoms with Crippen LogP contribution >= 0.6 is 0 Å². The van der Waals surface area contributed by atoms with E-state index in [1.807, 2.05) is 13.8 Å². The van der Waals surface area contributed by atoms with Gasteiger partial charge in [-0.1, -0.05) is 26.7 Å². The Kier molecular flexibility index (Phi) is 6.48. The molecule has 0 saturated heterocycles. The summed E-state index contributed by atoms with van der Waals surface area (Å²) >= 11 is 0. The van der Waals surface area contributed by atoms with Crippen molar-refractivity contribution in [1.82, 2.24) is 5.32 Å². The summed E-state index contributed by atoms with van der Waals surface area (Å²) in [7, 11) is 0. The molecule has 0 bridgehead atoms. The molecule has 1 aromatic rings. The minimum atomic E-state index is -1.33. The van der Waals surface area contributed by atoms with Crippen molar-refractivity contribution in [2.24, 2.45) is 5.92 Å². The van der Waals surface area contributed by atoms with Gasteiger partial charge < -0.3 is 15.7 Å². The van der Waals surface area contributed by atoms with Crippen LogP contribution in [0.4, 0.5) is 23.7 Å². The van der Waals surface area contributed by atoms with Gasteiger partial charge in [-0.05, 0) is 5.92 Å². The first kappa shape index (κ1) is 17.3. The zero-order chi connectivity index (χ0) is 16.0. The third-order valence-electron chi connectivity index (χ3n) is 3.32. The topological polar surface area (TPSA) is 61.4 Å². The Hall–Kier alpha value is -1.76. The molecule has 2 amide bonds. The Labute approximate surface area is 121 Å². The van der Waals surface area contributed by atoms with Crippen LogP contribution in [0.2, 0.25) is 0 Å². The van der Waals surface area contributed by atoms with Gasteiger partial charge in [0.1, 0.15) is 5.82 Å². The van der Waals surface area contributed by atoms with Crippen molar-refractivity contribution in [3.8, 4) is 0 Å². The maximum absolute atomic E-state index is 13.3. The number of benzene rings is 1. The number of anilines is 1. The molecule has 21 heavy (non-hydrogen) atoms. The van der Waals surface area contributed by atoms with Crippen molar-refractivity contribution in [3.05, 3.63) is 29.6 Å². The standard InChI is InChI=1S/C14H19F3N2O2/c1-3-8(4-2)13(20)7-18-14(21)19-12-6-10(16)9(15)5-11(12)17/h5-6,8,13,20H,3-4,7H2,1-2H3,(H2,18,19,21). The van der Waals surface area contributed by atoms with E-state index in [2.05, 4.69) is 10.6 Å². The second-order valence-corrected chi connectivity index (χ2v) is 4.73. The number of halogens is 3. The number of urea groups is 1. The number of hydrogen-bond donors (Lipinski definition) is 3. The van der Waals surface area contributed by atoms with E-state index >= 15 is 0 Å². The van der Waals surface area contributed by atoms with Crippen LogP contribution in [0.25, 0.3) is 0 Å². The molecule has 1 atom stereocenters. The quantitative estimate of drug-likeness (QED) is 0.707. The van der Waals surface area contributed by atoms with E-state index < -0.39 is 35.3 Å². The molecule has 7 heteroatoms. The molecule has 0 aliphatic heterocycles. The molecule has 0 heterocycles. The predicted molar refractivity (Wildman–Crippen MR) is 73.4 cm³/mol. The fourth-order valence-corrected chi connectivity index (χ4v) is 1.98. The smallest absolute Gasteiger partial charge is 0.319 e. The molecule has 0 aliphatic rings. The summed E-state index contributed by atoms with van der Waals surface area (Å²) < 4.78 is 39.0. The molecule has 1 rings (SSSR count). The molecular weight excluding hydrogens is 285 g/mol. The molecule has 1 aromatic carbocycles. The largest absolute Gasteiger partial charge is 0.391 e. The highest BCUT2D eigenvalue weighted by molar-refractivity contribution is 5.89. The van der Waals surface area contributed by atoms with Gasteiger partial charge in [-0.15, -0.1) is 0 Å². The normalized spacial score (nSPS) is 12.3. The zero-order valence-electron chi connectivity index (χ0n) is 11.9. The van der Waals surface area contributed by atoms with Crippen molar-refractivity contribution in [1.29, 1.82) is 0 Å². The average Bonchev–Trinajstić information content (AvgIpc) is 2.44. The number of carbonyl (C=O) groups is 1. The fourth-order valence-electron chi connectivity index (χ4n) is 1.98. The van der Waals surface area contributed by atoms with E-state index in [-0.39, 0.29) is 12.5 Å². The lowest BCUT2D eigenvalue weighted by molar-refractivity contribution is 0.104. The van der Waals surface area contributed by atoms with Crippen molar-refractivity contribution < 1.29 is 23.1 Å². The molecule has 0 fully saturated rings. The van der Waals surface area contributed by atoms with Crippen molar-refractivity contribution in [3.63, 3.8) is 0 Å².